The number of hydrogen-bond acceptors (Lipinski definition) is 5. The molecule has 0 radical (unpaired) electrons. The van der Waals surface area contributed by atoms with Crippen LogP contribution in [-0.2, 0) is 21.5 Å². The molecule has 0 unspecified atom stereocenters. The monoisotopic (exact) mass is 392 g/mol. The minimum Gasteiger partial charge on any atom is -0.425 e. The number of benzene rings is 2. The van der Waals surface area contributed by atoms with Crippen LogP contribution in [0.4, 0.5) is 4.79 Å². The van der Waals surface area contributed by atoms with Crippen molar-refractivity contribution in [2.75, 3.05) is 6.54 Å². The van der Waals surface area contributed by atoms with Gasteiger partial charge in [0.15, 0.2) is 5.78 Å². The molecule has 7 nitrogen and oxygen atoms in total. The Labute approximate surface area is 167 Å². The molecule has 148 valence electrons. The van der Waals surface area contributed by atoms with Gasteiger partial charge in [-0.3, -0.25) is 14.5 Å². The van der Waals surface area contributed by atoms with Gasteiger partial charge in [0.2, 0.25) is 0 Å². The van der Waals surface area contributed by atoms with Crippen molar-refractivity contribution in [3.05, 3.63) is 65.2 Å². The van der Waals surface area contributed by atoms with Gasteiger partial charge in [0.1, 0.15) is 17.8 Å². The van der Waals surface area contributed by atoms with E-state index < -0.39 is 30.0 Å². The number of amides is 3. The molecule has 29 heavy (non-hydrogen) atoms. The molecule has 1 N–H and O–H groups in total. The van der Waals surface area contributed by atoms with Gasteiger partial charge in [-0.1, -0.05) is 24.3 Å². The summed E-state index contributed by atoms with van der Waals surface area (Å²) in [6, 6.07) is 13.1. The lowest BCUT2D eigenvalue weighted by Gasteiger charge is -2.33. The first-order valence-corrected chi connectivity index (χ1v) is 9.45. The third kappa shape index (κ3) is 3.29. The van der Waals surface area contributed by atoms with Crippen LogP contribution in [0.5, 0.6) is 5.75 Å². The van der Waals surface area contributed by atoms with Crippen LogP contribution in [0, 0.1) is 0 Å². The topological polar surface area (TPSA) is 92.8 Å². The predicted molar refractivity (Wildman–Crippen MR) is 103 cm³/mol. The number of imide groups is 1. The van der Waals surface area contributed by atoms with E-state index in [-0.39, 0.29) is 11.5 Å². The summed E-state index contributed by atoms with van der Waals surface area (Å²) < 4.78 is 5.23. The summed E-state index contributed by atoms with van der Waals surface area (Å²) >= 11 is 0. The molecule has 0 bridgehead atoms. The number of Topliss-reactive ketones (excluding diaryl/α,β-unsaturated/α-hetero) is 1. The molecule has 0 saturated carbocycles. The Balaban J connectivity index is 1.50. The normalized spacial score (nSPS) is 20.4. The number of ketones is 1. The Morgan fingerprint density at radius 2 is 1.83 bits per heavy atom. The maximum absolute atomic E-state index is 13.2. The fourth-order valence-corrected chi connectivity index (χ4v) is 4.01. The summed E-state index contributed by atoms with van der Waals surface area (Å²) in [6.45, 7) is 0.959. The summed E-state index contributed by atoms with van der Waals surface area (Å²) in [6.07, 6.45) is 2.11. The highest BCUT2D eigenvalue weighted by Crippen LogP contribution is 2.39. The molecule has 2 aromatic carbocycles. The molecule has 1 fully saturated rings. The molecule has 7 heteroatoms. The molecule has 1 atom stereocenters. The van der Waals surface area contributed by atoms with Gasteiger partial charge in [0, 0.05) is 5.56 Å². The smallest absolute Gasteiger partial charge is 0.331 e. The number of rotatable bonds is 4. The van der Waals surface area contributed by atoms with E-state index in [9.17, 15) is 19.2 Å². The highest BCUT2D eigenvalue weighted by molar-refractivity contribution is 6.09. The van der Waals surface area contributed by atoms with Gasteiger partial charge >= 0.3 is 12.0 Å². The Morgan fingerprint density at radius 1 is 1.10 bits per heavy atom. The van der Waals surface area contributed by atoms with Crippen molar-refractivity contribution in [2.24, 2.45) is 0 Å². The van der Waals surface area contributed by atoms with Gasteiger partial charge in [-0.2, -0.15) is 0 Å². The second-order valence-corrected chi connectivity index (χ2v) is 7.29. The number of esters is 1. The van der Waals surface area contributed by atoms with E-state index in [2.05, 4.69) is 5.32 Å². The zero-order chi connectivity index (χ0) is 20.6. The number of carbonyl (C=O) groups is 4. The van der Waals surface area contributed by atoms with Gasteiger partial charge in [0.25, 0.3) is 5.91 Å². The number of carbonyl (C=O) groups excluding carboxylic acids is 4. The maximum atomic E-state index is 13.2. The van der Waals surface area contributed by atoms with Crippen molar-refractivity contribution in [3.63, 3.8) is 0 Å². The number of ether oxygens (including phenoxy) is 1. The van der Waals surface area contributed by atoms with Crippen molar-refractivity contribution in [2.45, 2.75) is 31.7 Å². The number of nitrogens with one attached hydrogen (secondary N) is 1. The van der Waals surface area contributed by atoms with Crippen molar-refractivity contribution < 1.29 is 23.9 Å². The van der Waals surface area contributed by atoms with Crippen LogP contribution in [0.15, 0.2) is 48.5 Å². The second-order valence-electron chi connectivity index (χ2n) is 7.29. The molecule has 1 spiro atoms. The molecule has 1 aliphatic heterocycles. The average Bonchev–Trinajstić information content (AvgIpc) is 2.93. The molecule has 1 aliphatic carbocycles. The largest absolute Gasteiger partial charge is 0.425 e. The zero-order valence-electron chi connectivity index (χ0n) is 15.9. The fourth-order valence-electron chi connectivity index (χ4n) is 4.01. The number of urea groups is 1. The summed E-state index contributed by atoms with van der Waals surface area (Å²) in [5.74, 6) is -1.02. The molecule has 0 aromatic heterocycles. The number of aryl methyl sites for hydroxylation is 1. The van der Waals surface area contributed by atoms with Gasteiger partial charge in [-0.25, -0.2) is 9.59 Å². The first-order chi connectivity index (χ1) is 13.9. The molecular formula is C22H20N2O5. The SMILES string of the molecule is CC(=O)c1ccc(OC(=O)CN2C(=O)N[C@]3(CCCc4ccccc43)C2=O)cc1. The van der Waals surface area contributed by atoms with Crippen LogP contribution in [0.2, 0.25) is 0 Å². The molecule has 1 heterocycles. The molecule has 1 saturated heterocycles. The van der Waals surface area contributed by atoms with E-state index in [1.165, 1.54) is 19.1 Å². The van der Waals surface area contributed by atoms with Crippen LogP contribution >= 0.6 is 0 Å². The lowest BCUT2D eigenvalue weighted by molar-refractivity contribution is -0.141. The lowest BCUT2D eigenvalue weighted by atomic mass is 9.76. The average molecular weight is 392 g/mol. The van der Waals surface area contributed by atoms with Crippen molar-refractivity contribution in [3.8, 4) is 5.75 Å². The van der Waals surface area contributed by atoms with Gasteiger partial charge in [-0.05, 0) is 61.6 Å². The van der Waals surface area contributed by atoms with Crippen LogP contribution in [-0.4, -0.2) is 35.1 Å². The molecule has 2 aromatic rings. The minimum absolute atomic E-state index is 0.0970. The first kappa shape index (κ1) is 18.9. The predicted octanol–water partition coefficient (Wildman–Crippen LogP) is 2.58. The molecule has 4 rings (SSSR count). The Morgan fingerprint density at radius 3 is 2.55 bits per heavy atom. The van der Waals surface area contributed by atoms with Crippen molar-refractivity contribution in [1.29, 1.82) is 0 Å². The van der Waals surface area contributed by atoms with Gasteiger partial charge in [-0.15, -0.1) is 0 Å². The van der Waals surface area contributed by atoms with Gasteiger partial charge < -0.3 is 10.1 Å². The highest BCUT2D eigenvalue weighted by atomic mass is 16.5. The fraction of sp³-hybridized carbons (Fsp3) is 0.273. The van der Waals surface area contributed by atoms with E-state index in [0.29, 0.717) is 12.0 Å². The third-order valence-electron chi connectivity index (χ3n) is 5.43. The zero-order valence-corrected chi connectivity index (χ0v) is 15.9. The van der Waals surface area contributed by atoms with Crippen molar-refractivity contribution in [1.82, 2.24) is 10.2 Å². The van der Waals surface area contributed by atoms with Crippen molar-refractivity contribution >= 4 is 23.7 Å². The standard InChI is InChI=1S/C22H20N2O5/c1-14(25)15-8-10-17(11-9-15)29-19(26)13-24-20(27)22(23-21(24)28)12-4-6-16-5-2-3-7-18(16)22/h2-3,5,7-11H,4,6,12-13H2,1H3,(H,23,28)/t22-/m0/s1. The van der Waals surface area contributed by atoms with E-state index in [1.807, 2.05) is 24.3 Å². The number of fused-ring (bicyclic) bond motifs is 2. The third-order valence-corrected chi connectivity index (χ3v) is 5.43. The van der Waals surface area contributed by atoms with E-state index >= 15 is 0 Å². The Bertz CT molecular complexity index is 1010. The highest BCUT2D eigenvalue weighted by Gasteiger charge is 2.54. The van der Waals surface area contributed by atoms with Gasteiger partial charge in [0.05, 0.1) is 0 Å². The quantitative estimate of drug-likeness (QED) is 0.374. The summed E-state index contributed by atoms with van der Waals surface area (Å²) in [7, 11) is 0. The molecule has 2 aliphatic rings. The molecule has 3 amide bonds. The van der Waals surface area contributed by atoms with Crippen LogP contribution in [0.1, 0.15) is 41.3 Å². The minimum atomic E-state index is -1.12. The lowest BCUT2D eigenvalue weighted by Crippen LogP contribution is -2.47. The van der Waals surface area contributed by atoms with Crippen LogP contribution in [0.25, 0.3) is 0 Å². The Kier molecular flexibility index (Phi) is 4.66. The van der Waals surface area contributed by atoms with E-state index in [4.69, 9.17) is 4.74 Å². The van der Waals surface area contributed by atoms with Crippen LogP contribution < -0.4 is 10.1 Å². The van der Waals surface area contributed by atoms with E-state index in [1.54, 1.807) is 12.1 Å². The maximum Gasteiger partial charge on any atom is 0.331 e. The number of nitrogens with zero attached hydrogens (tertiary/aromatic N) is 1. The summed E-state index contributed by atoms with van der Waals surface area (Å²) in [5.41, 5.74) is 1.20. The van der Waals surface area contributed by atoms with Crippen LogP contribution in [0.3, 0.4) is 0 Å². The Hall–Kier alpha value is -3.48. The number of hydrogen-bond donors (Lipinski definition) is 1. The first-order valence-electron chi connectivity index (χ1n) is 9.45. The molecular weight excluding hydrogens is 372 g/mol. The van der Waals surface area contributed by atoms with E-state index in [0.717, 1.165) is 28.9 Å². The summed E-state index contributed by atoms with van der Waals surface area (Å²) in [4.78, 5) is 50.2. The summed E-state index contributed by atoms with van der Waals surface area (Å²) in [5, 5.41) is 2.81. The second kappa shape index (κ2) is 7.16.